The summed E-state index contributed by atoms with van der Waals surface area (Å²) in [6, 6.07) is 0.112. The molecule has 5 heteroatoms. The van der Waals surface area contributed by atoms with Crippen LogP contribution in [0.15, 0.2) is 6.33 Å². The van der Waals surface area contributed by atoms with Crippen LogP contribution in [-0.2, 0) is 11.3 Å². The number of carboxylic acid groups (broad SMARTS) is 1. The van der Waals surface area contributed by atoms with E-state index in [9.17, 15) is 9.90 Å². The van der Waals surface area contributed by atoms with E-state index in [0.717, 1.165) is 11.4 Å². The van der Waals surface area contributed by atoms with Crippen molar-refractivity contribution in [3.63, 3.8) is 0 Å². The normalized spacial score (nSPS) is 14.9. The topological polar surface area (TPSA) is 67.2 Å². The lowest BCUT2D eigenvalue weighted by Gasteiger charge is -2.29. The molecule has 1 aromatic heterocycles. The van der Waals surface area contributed by atoms with Crippen molar-refractivity contribution in [1.82, 2.24) is 14.9 Å². The van der Waals surface area contributed by atoms with Crippen LogP contribution in [0.1, 0.15) is 32.2 Å². The number of aliphatic carboxylic acids is 1. The number of aryl methyl sites for hydroxylation is 1. The molecule has 1 unspecified atom stereocenters. The van der Waals surface area contributed by atoms with E-state index in [-0.39, 0.29) is 6.04 Å². The molecule has 0 aliphatic carbocycles. The van der Waals surface area contributed by atoms with Gasteiger partial charge in [-0.1, -0.05) is 0 Å². The van der Waals surface area contributed by atoms with E-state index in [1.165, 1.54) is 0 Å². The molecule has 1 rings (SSSR count). The third-order valence-electron chi connectivity index (χ3n) is 2.91. The van der Waals surface area contributed by atoms with Gasteiger partial charge in [0.25, 0.3) is 0 Å². The van der Waals surface area contributed by atoms with Crippen LogP contribution >= 0.6 is 0 Å². The Balaban J connectivity index is 2.95. The number of hydrogen-bond donors (Lipinski definition) is 2. The van der Waals surface area contributed by atoms with E-state index >= 15 is 0 Å². The number of carboxylic acids is 1. The highest BCUT2D eigenvalue weighted by Gasteiger charge is 2.34. The van der Waals surface area contributed by atoms with Crippen LogP contribution in [0.2, 0.25) is 0 Å². The molecule has 2 N–H and O–H groups in total. The summed E-state index contributed by atoms with van der Waals surface area (Å²) >= 11 is 0. The smallest absolute Gasteiger partial charge is 0.325 e. The Bertz CT molecular complexity index is 412. The number of hydrogen-bond acceptors (Lipinski definition) is 3. The van der Waals surface area contributed by atoms with Gasteiger partial charge in [-0.3, -0.25) is 10.1 Å². The Morgan fingerprint density at radius 3 is 2.53 bits per heavy atom. The average molecular weight is 239 g/mol. The van der Waals surface area contributed by atoms with Gasteiger partial charge in [-0.25, -0.2) is 4.98 Å². The molecular weight excluding hydrogens is 218 g/mol. The zero-order valence-electron chi connectivity index (χ0n) is 11.1. The highest BCUT2D eigenvalue weighted by atomic mass is 16.4. The number of aromatic nitrogens is 2. The maximum Gasteiger partial charge on any atom is 0.325 e. The number of nitrogens with one attached hydrogen (secondary N) is 1. The summed E-state index contributed by atoms with van der Waals surface area (Å²) in [5.74, 6) is -0.850. The van der Waals surface area contributed by atoms with Gasteiger partial charge in [0.1, 0.15) is 5.54 Å². The van der Waals surface area contributed by atoms with Crippen LogP contribution in [0.4, 0.5) is 0 Å². The lowest BCUT2D eigenvalue weighted by molar-refractivity contribution is -0.145. The number of carbonyl (C=O) groups is 1. The molecule has 17 heavy (non-hydrogen) atoms. The monoisotopic (exact) mass is 239 g/mol. The molecule has 5 nitrogen and oxygen atoms in total. The van der Waals surface area contributed by atoms with Crippen molar-refractivity contribution in [3.8, 4) is 0 Å². The Morgan fingerprint density at radius 1 is 1.59 bits per heavy atom. The summed E-state index contributed by atoms with van der Waals surface area (Å²) in [4.78, 5) is 15.6. The second-order valence-electron chi connectivity index (χ2n) is 4.98. The first-order chi connectivity index (χ1) is 7.76. The molecule has 0 amide bonds. The third kappa shape index (κ3) is 3.06. The van der Waals surface area contributed by atoms with Crippen molar-refractivity contribution in [1.29, 1.82) is 0 Å². The molecule has 0 aliphatic heterocycles. The van der Waals surface area contributed by atoms with Gasteiger partial charge in [-0.2, -0.15) is 0 Å². The fourth-order valence-corrected chi connectivity index (χ4v) is 1.86. The summed E-state index contributed by atoms with van der Waals surface area (Å²) in [5.41, 5.74) is 0.955. The number of nitrogens with zero attached hydrogens (tertiary/aromatic N) is 2. The maximum absolute atomic E-state index is 11.4. The predicted octanol–water partition coefficient (Wildman–Crippen LogP) is 1.34. The van der Waals surface area contributed by atoms with Gasteiger partial charge in [0.15, 0.2) is 0 Å². The summed E-state index contributed by atoms with van der Waals surface area (Å²) in [7, 11) is 0. The molecule has 96 valence electrons. The molecule has 1 aromatic rings. The van der Waals surface area contributed by atoms with Gasteiger partial charge in [0, 0.05) is 11.7 Å². The van der Waals surface area contributed by atoms with Crippen LogP contribution in [0, 0.1) is 13.8 Å². The van der Waals surface area contributed by atoms with Crippen LogP contribution in [-0.4, -0.2) is 32.2 Å². The van der Waals surface area contributed by atoms with Crippen molar-refractivity contribution in [3.05, 3.63) is 17.7 Å². The van der Waals surface area contributed by atoms with E-state index in [4.69, 9.17) is 0 Å². The van der Waals surface area contributed by atoms with Gasteiger partial charge >= 0.3 is 5.97 Å². The fraction of sp³-hybridized carbons (Fsp3) is 0.667. The highest BCUT2D eigenvalue weighted by molar-refractivity contribution is 5.78. The van der Waals surface area contributed by atoms with Gasteiger partial charge < -0.3 is 9.67 Å². The van der Waals surface area contributed by atoms with Gasteiger partial charge in [-0.15, -0.1) is 0 Å². The van der Waals surface area contributed by atoms with E-state index in [1.807, 2.05) is 32.3 Å². The summed E-state index contributed by atoms with van der Waals surface area (Å²) in [6.07, 6.45) is 1.69. The lowest BCUT2D eigenvalue weighted by Crippen LogP contribution is -2.55. The van der Waals surface area contributed by atoms with Crippen molar-refractivity contribution in [2.75, 3.05) is 0 Å². The summed E-state index contributed by atoms with van der Waals surface area (Å²) < 4.78 is 1.87. The highest BCUT2D eigenvalue weighted by Crippen LogP contribution is 2.13. The Hall–Kier alpha value is -1.36. The van der Waals surface area contributed by atoms with Gasteiger partial charge in [0.2, 0.25) is 0 Å². The lowest BCUT2D eigenvalue weighted by atomic mass is 10.0. The van der Waals surface area contributed by atoms with Crippen molar-refractivity contribution in [2.45, 2.75) is 52.7 Å². The SMILES string of the molecule is Cc1ncn(CC(C)(NC(C)C)C(=O)O)c1C. The first kappa shape index (κ1) is 13.7. The molecular formula is C12H21N3O2. The molecule has 0 bridgehead atoms. The maximum atomic E-state index is 11.4. The zero-order valence-corrected chi connectivity index (χ0v) is 11.1. The molecule has 0 fully saturated rings. The van der Waals surface area contributed by atoms with Crippen LogP contribution in [0.5, 0.6) is 0 Å². The second-order valence-corrected chi connectivity index (χ2v) is 4.98. The van der Waals surface area contributed by atoms with Crippen LogP contribution in [0.25, 0.3) is 0 Å². The largest absolute Gasteiger partial charge is 0.480 e. The Morgan fingerprint density at radius 2 is 2.18 bits per heavy atom. The number of imidazole rings is 1. The Labute approximate surface area is 102 Å². The van der Waals surface area contributed by atoms with E-state index in [1.54, 1.807) is 13.3 Å². The predicted molar refractivity (Wildman–Crippen MR) is 66.0 cm³/mol. The third-order valence-corrected chi connectivity index (χ3v) is 2.91. The van der Waals surface area contributed by atoms with E-state index in [2.05, 4.69) is 10.3 Å². The van der Waals surface area contributed by atoms with Crippen LogP contribution in [0.3, 0.4) is 0 Å². The molecule has 0 aliphatic rings. The first-order valence-electron chi connectivity index (χ1n) is 5.75. The van der Waals surface area contributed by atoms with Gasteiger partial charge in [-0.05, 0) is 34.6 Å². The van der Waals surface area contributed by atoms with Crippen molar-refractivity contribution < 1.29 is 9.90 Å². The van der Waals surface area contributed by atoms with Crippen molar-refractivity contribution >= 4 is 5.97 Å². The molecule has 0 saturated heterocycles. The second kappa shape index (κ2) is 4.87. The first-order valence-corrected chi connectivity index (χ1v) is 5.75. The summed E-state index contributed by atoms with van der Waals surface area (Å²) in [5, 5.41) is 12.4. The molecule has 0 saturated carbocycles. The minimum atomic E-state index is -0.980. The average Bonchev–Trinajstić information content (AvgIpc) is 2.48. The van der Waals surface area contributed by atoms with E-state index in [0.29, 0.717) is 6.54 Å². The van der Waals surface area contributed by atoms with Crippen LogP contribution < -0.4 is 5.32 Å². The standard InChI is InChI=1S/C12H21N3O2/c1-8(2)14-12(5,11(16)17)6-15-7-13-9(3)10(15)4/h7-8,14H,6H2,1-5H3,(H,16,17). The van der Waals surface area contributed by atoms with Crippen molar-refractivity contribution in [2.24, 2.45) is 0 Å². The molecule has 1 atom stereocenters. The molecule has 0 aromatic carbocycles. The Kier molecular flexibility index (Phi) is 3.93. The quantitative estimate of drug-likeness (QED) is 0.813. The van der Waals surface area contributed by atoms with E-state index < -0.39 is 11.5 Å². The zero-order chi connectivity index (χ0) is 13.2. The minimum absolute atomic E-state index is 0.112. The molecule has 1 heterocycles. The molecule has 0 radical (unpaired) electrons. The number of rotatable bonds is 5. The fourth-order valence-electron chi connectivity index (χ4n) is 1.86. The minimum Gasteiger partial charge on any atom is -0.480 e. The molecule has 0 spiro atoms. The summed E-state index contributed by atoms with van der Waals surface area (Å²) in [6.45, 7) is 9.80. The van der Waals surface area contributed by atoms with Gasteiger partial charge in [0.05, 0.1) is 18.6 Å².